The maximum Gasteiger partial charge on any atom is 0.273 e. The Morgan fingerprint density at radius 3 is 2.69 bits per heavy atom. The number of hydrogen-bond acceptors (Lipinski definition) is 5. The molecule has 0 bridgehead atoms. The minimum Gasteiger partial charge on any atom is -0.359 e. The van der Waals surface area contributed by atoms with Gasteiger partial charge in [-0.1, -0.05) is 13.8 Å². The summed E-state index contributed by atoms with van der Waals surface area (Å²) in [6.07, 6.45) is 6.84. The third-order valence-corrected chi connectivity index (χ3v) is 5.12. The predicted octanol–water partition coefficient (Wildman–Crippen LogP) is 3.04. The Bertz CT molecular complexity index is 924. The van der Waals surface area contributed by atoms with Crippen LogP contribution in [-0.4, -0.2) is 52.3 Å². The van der Waals surface area contributed by atoms with Gasteiger partial charge in [-0.15, -0.1) is 5.10 Å². The Balaban J connectivity index is 1.92. The summed E-state index contributed by atoms with van der Waals surface area (Å²) in [7, 11) is 4.21. The highest BCUT2D eigenvalue weighted by Gasteiger charge is 2.27. The number of amides is 1. The average Bonchev–Trinajstić information content (AvgIpc) is 3.19. The second kappa shape index (κ2) is 9.13. The highest BCUT2D eigenvalue weighted by molar-refractivity contribution is 6.32. The molecule has 1 amide bonds. The van der Waals surface area contributed by atoms with Gasteiger partial charge in [-0.2, -0.15) is 10.2 Å². The maximum absolute atomic E-state index is 12.4. The van der Waals surface area contributed by atoms with E-state index < -0.39 is 0 Å². The lowest BCUT2D eigenvalue weighted by Crippen LogP contribution is -2.14. The van der Waals surface area contributed by atoms with Crippen molar-refractivity contribution in [3.05, 3.63) is 52.1 Å². The summed E-state index contributed by atoms with van der Waals surface area (Å²) >= 11 is 0. The number of nitrogens with zero attached hydrogens (tertiary/aromatic N) is 4. The second-order valence-electron chi connectivity index (χ2n) is 8.04. The van der Waals surface area contributed by atoms with Crippen LogP contribution < -0.4 is 5.43 Å². The number of aromatic nitrogens is 3. The summed E-state index contributed by atoms with van der Waals surface area (Å²) in [6, 6.07) is 3.59. The fourth-order valence-electron chi connectivity index (χ4n) is 3.77. The molecule has 3 heterocycles. The molecule has 0 radical (unpaired) electrons. The van der Waals surface area contributed by atoms with Crippen LogP contribution in [0.4, 0.5) is 0 Å². The smallest absolute Gasteiger partial charge is 0.273 e. The van der Waals surface area contributed by atoms with Crippen molar-refractivity contribution in [3.8, 4) is 0 Å². The van der Waals surface area contributed by atoms with E-state index in [2.05, 4.69) is 65.5 Å². The summed E-state index contributed by atoms with van der Waals surface area (Å²) in [5.74, 6) is 0.122. The van der Waals surface area contributed by atoms with Gasteiger partial charge < -0.3 is 9.88 Å². The zero-order chi connectivity index (χ0) is 21.0. The van der Waals surface area contributed by atoms with Gasteiger partial charge in [-0.3, -0.25) is 4.79 Å². The van der Waals surface area contributed by atoms with E-state index in [1.807, 2.05) is 6.08 Å². The van der Waals surface area contributed by atoms with E-state index >= 15 is 0 Å². The highest BCUT2D eigenvalue weighted by Crippen LogP contribution is 2.30. The first-order valence-corrected chi connectivity index (χ1v) is 10.1. The van der Waals surface area contributed by atoms with Gasteiger partial charge in [0.05, 0.1) is 5.57 Å². The van der Waals surface area contributed by atoms with Gasteiger partial charge in [0.2, 0.25) is 0 Å². The van der Waals surface area contributed by atoms with Crippen molar-refractivity contribution in [2.24, 2.45) is 5.10 Å². The van der Waals surface area contributed by atoms with Crippen LogP contribution >= 0.6 is 0 Å². The topological polar surface area (TPSA) is 86.3 Å². The summed E-state index contributed by atoms with van der Waals surface area (Å²) in [5.41, 5.74) is 8.95. The van der Waals surface area contributed by atoms with E-state index in [0.29, 0.717) is 22.9 Å². The highest BCUT2D eigenvalue weighted by atomic mass is 16.2. The van der Waals surface area contributed by atoms with Gasteiger partial charge >= 0.3 is 0 Å². The van der Waals surface area contributed by atoms with Crippen LogP contribution in [0.2, 0.25) is 0 Å². The van der Waals surface area contributed by atoms with E-state index in [1.165, 1.54) is 16.8 Å². The van der Waals surface area contributed by atoms with Crippen molar-refractivity contribution in [3.63, 3.8) is 0 Å². The first kappa shape index (κ1) is 20.9. The van der Waals surface area contributed by atoms with Gasteiger partial charge in [-0.25, -0.2) is 5.43 Å². The lowest BCUT2D eigenvalue weighted by molar-refractivity contribution is -0.116. The van der Waals surface area contributed by atoms with Crippen LogP contribution in [0.25, 0.3) is 6.08 Å². The fourth-order valence-corrected chi connectivity index (χ4v) is 3.77. The van der Waals surface area contributed by atoms with Crippen molar-refractivity contribution >= 4 is 17.7 Å². The largest absolute Gasteiger partial charge is 0.359 e. The number of unbranched alkanes of at least 4 members (excludes halogenated alkanes) is 1. The Kier molecular flexibility index (Phi) is 6.59. The Morgan fingerprint density at radius 1 is 1.24 bits per heavy atom. The maximum atomic E-state index is 12.4. The molecule has 2 aromatic heterocycles. The molecule has 0 aliphatic carbocycles. The van der Waals surface area contributed by atoms with Crippen molar-refractivity contribution in [1.82, 2.24) is 25.5 Å². The van der Waals surface area contributed by atoms with Gasteiger partial charge in [0.15, 0.2) is 0 Å². The zero-order valence-corrected chi connectivity index (χ0v) is 17.9. The lowest BCUT2D eigenvalue weighted by Gasteiger charge is -2.12. The zero-order valence-electron chi connectivity index (χ0n) is 17.9. The normalized spacial score (nSPS) is 15.5. The predicted molar refractivity (Wildman–Crippen MR) is 116 cm³/mol. The van der Waals surface area contributed by atoms with E-state index in [9.17, 15) is 4.79 Å². The number of hydrogen-bond donors (Lipinski definition) is 2. The summed E-state index contributed by atoms with van der Waals surface area (Å²) in [5, 5.41) is 12.2. The van der Waals surface area contributed by atoms with Gasteiger partial charge in [0, 0.05) is 17.6 Å². The number of aromatic amines is 1. The van der Waals surface area contributed by atoms with Crippen molar-refractivity contribution in [2.75, 3.05) is 20.6 Å². The number of nitrogens with one attached hydrogen (secondary N) is 2. The second-order valence-corrected chi connectivity index (χ2v) is 8.04. The molecule has 2 N–H and O–H groups in total. The van der Waals surface area contributed by atoms with Crippen LogP contribution in [0.5, 0.6) is 0 Å². The van der Waals surface area contributed by atoms with E-state index in [1.54, 1.807) is 18.3 Å². The van der Waals surface area contributed by atoms with Gasteiger partial charge in [0.1, 0.15) is 11.4 Å². The molecule has 2 aromatic rings. The molecule has 1 aliphatic rings. The molecule has 0 fully saturated rings. The van der Waals surface area contributed by atoms with Gasteiger partial charge in [-0.05, 0) is 82.1 Å². The van der Waals surface area contributed by atoms with Crippen LogP contribution in [0.3, 0.4) is 0 Å². The van der Waals surface area contributed by atoms with E-state index in [-0.39, 0.29) is 5.91 Å². The van der Waals surface area contributed by atoms with Crippen molar-refractivity contribution in [1.29, 1.82) is 0 Å². The summed E-state index contributed by atoms with van der Waals surface area (Å²) < 4.78 is 0. The number of hydrazone groups is 1. The molecule has 29 heavy (non-hydrogen) atoms. The monoisotopic (exact) mass is 394 g/mol. The molecular formula is C22H30N6O. The Morgan fingerprint density at radius 2 is 2.03 bits per heavy atom. The molecule has 3 rings (SSSR count). The number of carbonyl (C=O) groups is 1. The Hall–Kier alpha value is -2.80. The minimum atomic E-state index is -0.222. The molecule has 1 aliphatic heterocycles. The molecule has 0 saturated carbocycles. The first-order chi connectivity index (χ1) is 13.9. The van der Waals surface area contributed by atoms with Crippen molar-refractivity contribution in [2.45, 2.75) is 46.0 Å². The number of H-pyrrole nitrogens is 1. The molecule has 0 unspecified atom stereocenters. The number of rotatable bonds is 8. The van der Waals surface area contributed by atoms with Crippen LogP contribution in [0, 0.1) is 6.92 Å². The molecule has 0 saturated heterocycles. The van der Waals surface area contributed by atoms with Crippen LogP contribution in [0.1, 0.15) is 60.8 Å². The fraction of sp³-hybridized carbons (Fsp3) is 0.455. The summed E-state index contributed by atoms with van der Waals surface area (Å²) in [6.45, 7) is 7.59. The molecule has 0 atom stereocenters. The van der Waals surface area contributed by atoms with Crippen LogP contribution in [-0.2, 0) is 11.2 Å². The van der Waals surface area contributed by atoms with E-state index in [0.717, 1.165) is 31.5 Å². The quantitative estimate of drug-likeness (QED) is 0.532. The minimum absolute atomic E-state index is 0.222. The number of carbonyl (C=O) groups excluding carboxylic acids is 1. The third-order valence-electron chi connectivity index (χ3n) is 5.12. The first-order valence-electron chi connectivity index (χ1n) is 10.1. The summed E-state index contributed by atoms with van der Waals surface area (Å²) in [4.78, 5) is 18.2. The Labute approximate surface area is 172 Å². The molecule has 0 aromatic carbocycles. The molecular weight excluding hydrogens is 364 g/mol. The third kappa shape index (κ3) is 4.79. The lowest BCUT2D eigenvalue weighted by atomic mass is 9.93. The molecule has 154 valence electrons. The molecule has 0 spiro atoms. The average molecular weight is 395 g/mol. The van der Waals surface area contributed by atoms with E-state index in [4.69, 9.17) is 0 Å². The number of aryl methyl sites for hydroxylation is 1. The molecule has 7 heteroatoms. The molecule has 7 nitrogen and oxygen atoms in total. The van der Waals surface area contributed by atoms with Crippen molar-refractivity contribution < 1.29 is 4.79 Å². The van der Waals surface area contributed by atoms with Gasteiger partial charge in [0.25, 0.3) is 5.91 Å². The SMILES string of the molecule is Cc1[nH]c(/C=C2/C(=O)NN=C2c2cccnn2)c(C(C)C)c1CCCCN(C)C. The van der Waals surface area contributed by atoms with Crippen LogP contribution in [0.15, 0.2) is 29.0 Å². The standard InChI is InChI=1S/C22H30N6O/c1-14(2)20-16(9-6-7-12-28(4)5)15(3)24-19(20)13-17-21(26-27-22(17)29)18-10-8-11-23-25-18/h8,10-11,13-14,24H,6-7,9,12H2,1-5H3,(H,27,29)/b17-13+.